The summed E-state index contributed by atoms with van der Waals surface area (Å²) in [6, 6.07) is 50.2. The summed E-state index contributed by atoms with van der Waals surface area (Å²) < 4.78 is 4.27. The maximum atomic E-state index is 10.6. The SMILES string of the molecule is [C-]#[N+]c1cc(C#N)c(-c2ccc3c(c2)c2ccccc2n3-c2ccncc2-c2cc(-n3c4ccccc4c4cc(-c5c([N+]#[C-])cc(C#N)cc5[N+]#[C-])ccc43)ccc2C#N)c(C#N)c1. The summed E-state index contributed by atoms with van der Waals surface area (Å²) >= 11 is 0. The molecule has 0 N–H and O–H groups in total. The summed E-state index contributed by atoms with van der Waals surface area (Å²) in [6.07, 6.45) is 3.49. The molecule has 0 aliphatic heterocycles. The van der Waals surface area contributed by atoms with Crippen LogP contribution < -0.4 is 0 Å². The second-order valence-electron chi connectivity index (χ2n) is 14.9. The van der Waals surface area contributed by atoms with E-state index in [9.17, 15) is 21.0 Å². The number of benzene rings is 7. The Bertz CT molecular complexity index is 3930. The van der Waals surface area contributed by atoms with Crippen molar-refractivity contribution in [2.75, 3.05) is 0 Å². The van der Waals surface area contributed by atoms with Gasteiger partial charge in [-0.15, -0.1) is 0 Å². The fourth-order valence-electron chi connectivity index (χ4n) is 8.90. The number of para-hydroxylation sites is 2. The minimum Gasteiger partial charge on any atom is -0.309 e. The second kappa shape index (κ2) is 15.1. The minimum absolute atomic E-state index is 0.222. The summed E-state index contributed by atoms with van der Waals surface area (Å²) in [4.78, 5) is 15.4. The van der Waals surface area contributed by atoms with E-state index in [1.54, 1.807) is 12.4 Å². The lowest BCUT2D eigenvalue weighted by Crippen LogP contribution is -2.01. The summed E-state index contributed by atoms with van der Waals surface area (Å²) in [5, 5.41) is 44.1. The highest BCUT2D eigenvalue weighted by Crippen LogP contribution is 2.44. The highest BCUT2D eigenvalue weighted by molar-refractivity contribution is 6.13. The van der Waals surface area contributed by atoms with Gasteiger partial charge in [0.15, 0.2) is 17.1 Å². The normalized spacial score (nSPS) is 10.7. The van der Waals surface area contributed by atoms with E-state index in [1.165, 1.54) is 24.3 Å². The molecule has 10 nitrogen and oxygen atoms in total. The molecule has 0 bridgehead atoms. The Morgan fingerprint density at radius 2 is 1.03 bits per heavy atom. The quantitative estimate of drug-likeness (QED) is 0.160. The van der Waals surface area contributed by atoms with Crippen molar-refractivity contribution >= 4 is 60.7 Å². The Hall–Kier alpha value is -10.3. The number of pyridine rings is 1. The van der Waals surface area contributed by atoms with Crippen LogP contribution in [0.1, 0.15) is 22.3 Å². The summed E-state index contributed by atoms with van der Waals surface area (Å²) in [7, 11) is 0. The molecule has 0 aliphatic carbocycles. The van der Waals surface area contributed by atoms with E-state index >= 15 is 0 Å². The Morgan fingerprint density at radius 3 is 1.61 bits per heavy atom. The Morgan fingerprint density at radius 1 is 0.469 bits per heavy atom. The molecule has 0 saturated carbocycles. The van der Waals surface area contributed by atoms with Gasteiger partial charge in [0.25, 0.3) is 0 Å². The topological polar surface area (TPSA) is 131 Å². The van der Waals surface area contributed by atoms with Crippen LogP contribution in [0.5, 0.6) is 0 Å². The second-order valence-corrected chi connectivity index (χ2v) is 14.9. The van der Waals surface area contributed by atoms with Crippen LogP contribution in [0.2, 0.25) is 0 Å². The molecule has 0 aliphatic rings. The smallest absolute Gasteiger partial charge is 0.189 e. The average Bonchev–Trinajstić information content (AvgIpc) is 3.87. The van der Waals surface area contributed by atoms with Gasteiger partial charge in [0.2, 0.25) is 0 Å². The van der Waals surface area contributed by atoms with E-state index in [2.05, 4.69) is 52.9 Å². The zero-order valence-corrected chi connectivity index (χ0v) is 33.3. The fourth-order valence-corrected chi connectivity index (χ4v) is 8.90. The number of fused-ring (bicyclic) bond motifs is 6. The summed E-state index contributed by atoms with van der Waals surface area (Å²) in [5.74, 6) is 0. The molecule has 10 rings (SSSR count). The maximum absolute atomic E-state index is 10.6. The molecule has 0 fully saturated rings. The van der Waals surface area contributed by atoms with Crippen molar-refractivity contribution in [2.45, 2.75) is 0 Å². The first kappa shape index (κ1) is 38.0. The molecule has 3 heterocycles. The van der Waals surface area contributed by atoms with Crippen molar-refractivity contribution < 1.29 is 0 Å². The van der Waals surface area contributed by atoms with Crippen LogP contribution in [0.3, 0.4) is 0 Å². The van der Waals surface area contributed by atoms with E-state index in [4.69, 9.17) is 19.7 Å². The molecule has 7 aromatic carbocycles. The zero-order valence-electron chi connectivity index (χ0n) is 33.3. The van der Waals surface area contributed by atoms with E-state index in [0.29, 0.717) is 38.9 Å². The van der Waals surface area contributed by atoms with E-state index in [0.717, 1.165) is 55.0 Å². The summed E-state index contributed by atoms with van der Waals surface area (Å²) in [6.45, 7) is 23.3. The first-order chi connectivity index (χ1) is 31.4. The van der Waals surface area contributed by atoms with Crippen molar-refractivity contribution in [3.8, 4) is 69.0 Å². The molecular weight excluding hydrogens is 789 g/mol. The monoisotopic (exact) mass is 812 g/mol. The minimum atomic E-state index is 0.222. The molecule has 0 amide bonds. The molecule has 3 aromatic heterocycles. The number of aromatic nitrogens is 3. The van der Waals surface area contributed by atoms with Crippen LogP contribution in [-0.4, -0.2) is 14.1 Å². The number of rotatable bonds is 5. The lowest BCUT2D eigenvalue weighted by Gasteiger charge is -2.16. The van der Waals surface area contributed by atoms with Crippen LogP contribution in [-0.2, 0) is 0 Å². The molecule has 10 heteroatoms. The molecule has 0 radical (unpaired) electrons. The van der Waals surface area contributed by atoms with Gasteiger partial charge in [-0.1, -0.05) is 48.5 Å². The van der Waals surface area contributed by atoms with E-state index < -0.39 is 0 Å². The van der Waals surface area contributed by atoms with E-state index in [-0.39, 0.29) is 33.8 Å². The Labute approximate surface area is 365 Å². The maximum Gasteiger partial charge on any atom is 0.189 e. The molecule has 0 spiro atoms. The first-order valence-corrected chi connectivity index (χ1v) is 19.7. The summed E-state index contributed by atoms with van der Waals surface area (Å²) in [5.41, 5.74) is 10.6. The lowest BCUT2D eigenvalue weighted by molar-refractivity contribution is 1.15. The number of nitrogens with zero attached hydrogens (tertiary/aromatic N) is 10. The van der Waals surface area contributed by atoms with Crippen LogP contribution in [0.4, 0.5) is 17.1 Å². The van der Waals surface area contributed by atoms with Crippen LogP contribution >= 0.6 is 0 Å². The predicted octanol–water partition coefficient (Wildman–Crippen LogP) is 13.4. The van der Waals surface area contributed by atoms with Gasteiger partial charge in [-0.2, -0.15) is 21.0 Å². The van der Waals surface area contributed by atoms with Crippen molar-refractivity contribution in [2.24, 2.45) is 0 Å². The molecule has 10 aromatic rings. The van der Waals surface area contributed by atoms with Gasteiger partial charge in [0.1, 0.15) is 0 Å². The molecular formula is C54H24N10. The molecule has 0 unspecified atom stereocenters. The van der Waals surface area contributed by atoms with Crippen molar-refractivity contribution in [3.05, 3.63) is 202 Å². The third-order valence-corrected chi connectivity index (χ3v) is 11.6. The Kier molecular flexibility index (Phi) is 8.94. The molecule has 0 saturated heterocycles. The van der Waals surface area contributed by atoms with Crippen LogP contribution in [0.25, 0.3) is 103 Å². The van der Waals surface area contributed by atoms with Crippen molar-refractivity contribution in [1.82, 2.24) is 14.1 Å². The van der Waals surface area contributed by atoms with E-state index in [1.807, 2.05) is 109 Å². The molecule has 0 atom stereocenters. The van der Waals surface area contributed by atoms with Gasteiger partial charge < -0.3 is 9.13 Å². The third kappa shape index (κ3) is 5.78. The van der Waals surface area contributed by atoms with Gasteiger partial charge in [0.05, 0.1) is 88.4 Å². The third-order valence-electron chi connectivity index (χ3n) is 11.6. The van der Waals surface area contributed by atoms with Crippen LogP contribution in [0, 0.1) is 65.0 Å². The zero-order chi connectivity index (χ0) is 44.1. The largest absolute Gasteiger partial charge is 0.309 e. The lowest BCUT2D eigenvalue weighted by atomic mass is 9.93. The van der Waals surface area contributed by atoms with Crippen LogP contribution in [0.15, 0.2) is 146 Å². The Balaban J connectivity index is 1.17. The molecule has 290 valence electrons. The van der Waals surface area contributed by atoms with Gasteiger partial charge in [0, 0.05) is 61.9 Å². The van der Waals surface area contributed by atoms with Crippen molar-refractivity contribution in [1.29, 1.82) is 21.0 Å². The molecule has 64 heavy (non-hydrogen) atoms. The highest BCUT2D eigenvalue weighted by Gasteiger charge is 2.22. The number of hydrogen-bond donors (Lipinski definition) is 0. The first-order valence-electron chi connectivity index (χ1n) is 19.7. The van der Waals surface area contributed by atoms with Gasteiger partial charge >= 0.3 is 0 Å². The fraction of sp³-hybridized carbons (Fsp3) is 0. The van der Waals surface area contributed by atoms with Gasteiger partial charge in [-0.05, 0) is 102 Å². The standard InChI is InChI=1S/C54H24N10/c1-59-38-22-36(29-57)53(37(23-38)30-58)33-13-17-51-44(24-33)41-9-5-7-11-49(41)64(51)52-18-19-62-31-45(52)42-26-39(15-12-35(42)28-56)63-48-10-6-4-8-40(48)43-25-34(14-16-50(43)63)54-46(60-2)20-32(27-55)21-47(54)61-3/h4-26,31H. The number of hydrogen-bond acceptors (Lipinski definition) is 5. The van der Waals surface area contributed by atoms with Gasteiger partial charge in [-0.3, -0.25) is 4.98 Å². The average molecular weight is 813 g/mol. The number of nitriles is 4. The highest BCUT2D eigenvalue weighted by atomic mass is 15.0. The van der Waals surface area contributed by atoms with Gasteiger partial charge in [-0.25, -0.2) is 14.5 Å². The van der Waals surface area contributed by atoms with Crippen molar-refractivity contribution in [3.63, 3.8) is 0 Å². The predicted molar refractivity (Wildman–Crippen MR) is 247 cm³/mol.